The van der Waals surface area contributed by atoms with E-state index in [9.17, 15) is 9.59 Å². The van der Waals surface area contributed by atoms with E-state index in [1.54, 1.807) is 0 Å². The molecule has 4 heteroatoms. The van der Waals surface area contributed by atoms with E-state index in [0.29, 0.717) is 0 Å². The molecule has 0 unspecified atom stereocenters. The number of hydrogen-bond donors (Lipinski definition) is 0. The number of esters is 2. The molecule has 0 heterocycles. The SMILES string of the molecule is CC(=O)OCc1ccccc1COC(C)=O. The molecule has 0 N–H and O–H groups in total. The first-order valence-electron chi connectivity index (χ1n) is 4.93. The van der Waals surface area contributed by atoms with Gasteiger partial charge in [0.1, 0.15) is 13.2 Å². The predicted octanol–water partition coefficient (Wildman–Crippen LogP) is 1.81. The fourth-order valence-corrected chi connectivity index (χ4v) is 1.20. The number of benzene rings is 1. The molecule has 4 nitrogen and oxygen atoms in total. The Bertz CT molecular complexity index is 347. The van der Waals surface area contributed by atoms with Gasteiger partial charge in [-0.25, -0.2) is 0 Å². The van der Waals surface area contributed by atoms with E-state index in [1.165, 1.54) is 13.8 Å². The van der Waals surface area contributed by atoms with Crippen molar-refractivity contribution in [2.75, 3.05) is 0 Å². The Kier molecular flexibility index (Phi) is 4.51. The van der Waals surface area contributed by atoms with Crippen LogP contribution >= 0.6 is 0 Å². The normalized spacial score (nSPS) is 9.62. The van der Waals surface area contributed by atoms with Gasteiger partial charge in [0.25, 0.3) is 0 Å². The van der Waals surface area contributed by atoms with Crippen LogP contribution in [0.1, 0.15) is 25.0 Å². The van der Waals surface area contributed by atoms with E-state index >= 15 is 0 Å². The Morgan fingerprint density at radius 2 is 1.31 bits per heavy atom. The Hall–Kier alpha value is -1.84. The molecule has 1 aromatic rings. The number of carbonyl (C=O) groups excluding carboxylic acids is 2. The van der Waals surface area contributed by atoms with Crippen LogP contribution in [-0.2, 0) is 32.3 Å². The number of rotatable bonds is 4. The van der Waals surface area contributed by atoms with Gasteiger partial charge in [0, 0.05) is 13.8 Å². The third kappa shape index (κ3) is 4.13. The lowest BCUT2D eigenvalue weighted by atomic mass is 10.1. The van der Waals surface area contributed by atoms with E-state index in [0.717, 1.165) is 11.1 Å². The van der Waals surface area contributed by atoms with Crippen molar-refractivity contribution >= 4 is 11.9 Å². The monoisotopic (exact) mass is 222 g/mol. The second kappa shape index (κ2) is 5.90. The molecule has 16 heavy (non-hydrogen) atoms. The van der Waals surface area contributed by atoms with Crippen LogP contribution < -0.4 is 0 Å². The summed E-state index contributed by atoms with van der Waals surface area (Å²) < 4.78 is 9.79. The fraction of sp³-hybridized carbons (Fsp3) is 0.333. The minimum Gasteiger partial charge on any atom is -0.461 e. The lowest BCUT2D eigenvalue weighted by Crippen LogP contribution is -2.05. The van der Waals surface area contributed by atoms with Crippen LogP contribution in [0.3, 0.4) is 0 Å². The largest absolute Gasteiger partial charge is 0.461 e. The van der Waals surface area contributed by atoms with Gasteiger partial charge in [-0.2, -0.15) is 0 Å². The van der Waals surface area contributed by atoms with Crippen molar-refractivity contribution in [1.82, 2.24) is 0 Å². The number of carbonyl (C=O) groups is 2. The lowest BCUT2D eigenvalue weighted by molar-refractivity contribution is -0.143. The minimum atomic E-state index is -0.331. The zero-order valence-electron chi connectivity index (χ0n) is 9.36. The molecule has 0 radical (unpaired) electrons. The van der Waals surface area contributed by atoms with Gasteiger partial charge in [-0.3, -0.25) is 9.59 Å². The van der Waals surface area contributed by atoms with E-state index in [1.807, 2.05) is 24.3 Å². The van der Waals surface area contributed by atoms with Crippen molar-refractivity contribution in [3.05, 3.63) is 35.4 Å². The molecule has 0 bridgehead atoms. The van der Waals surface area contributed by atoms with Crippen LogP contribution in [0.25, 0.3) is 0 Å². The molecule has 0 amide bonds. The highest BCUT2D eigenvalue weighted by Gasteiger charge is 2.04. The molecule has 1 rings (SSSR count). The molecule has 0 saturated carbocycles. The van der Waals surface area contributed by atoms with Gasteiger partial charge in [0.2, 0.25) is 0 Å². The van der Waals surface area contributed by atoms with Crippen LogP contribution in [0.2, 0.25) is 0 Å². The van der Waals surface area contributed by atoms with Crippen LogP contribution in [0.4, 0.5) is 0 Å². The van der Waals surface area contributed by atoms with Crippen molar-refractivity contribution in [3.8, 4) is 0 Å². The van der Waals surface area contributed by atoms with E-state index in [4.69, 9.17) is 9.47 Å². The van der Waals surface area contributed by atoms with E-state index < -0.39 is 0 Å². The van der Waals surface area contributed by atoms with Crippen molar-refractivity contribution in [2.24, 2.45) is 0 Å². The highest BCUT2D eigenvalue weighted by molar-refractivity contribution is 5.66. The quantitative estimate of drug-likeness (QED) is 0.729. The Morgan fingerprint density at radius 3 is 1.62 bits per heavy atom. The summed E-state index contributed by atoms with van der Waals surface area (Å²) in [5.74, 6) is -0.662. The Balaban J connectivity index is 2.67. The van der Waals surface area contributed by atoms with Gasteiger partial charge in [0.15, 0.2) is 0 Å². The maximum Gasteiger partial charge on any atom is 0.302 e. The Morgan fingerprint density at radius 1 is 0.938 bits per heavy atom. The maximum atomic E-state index is 10.7. The molecule has 0 spiro atoms. The summed E-state index contributed by atoms with van der Waals surface area (Å²) in [4.78, 5) is 21.4. The zero-order chi connectivity index (χ0) is 12.0. The number of ether oxygens (including phenoxy) is 2. The maximum absolute atomic E-state index is 10.7. The molecule has 0 atom stereocenters. The average Bonchev–Trinajstić information content (AvgIpc) is 2.24. The summed E-state index contributed by atoms with van der Waals surface area (Å²) >= 11 is 0. The van der Waals surface area contributed by atoms with Gasteiger partial charge >= 0.3 is 11.9 Å². The summed E-state index contributed by atoms with van der Waals surface area (Å²) in [7, 11) is 0. The molecule has 0 saturated heterocycles. The summed E-state index contributed by atoms with van der Waals surface area (Å²) in [5.41, 5.74) is 1.69. The summed E-state index contributed by atoms with van der Waals surface area (Å²) in [6, 6.07) is 7.36. The van der Waals surface area contributed by atoms with Gasteiger partial charge in [-0.1, -0.05) is 24.3 Å². The van der Waals surface area contributed by atoms with Gasteiger partial charge in [0.05, 0.1) is 0 Å². The van der Waals surface area contributed by atoms with Crippen LogP contribution in [0, 0.1) is 0 Å². The highest BCUT2D eigenvalue weighted by Crippen LogP contribution is 2.11. The van der Waals surface area contributed by atoms with E-state index in [-0.39, 0.29) is 25.2 Å². The second-order valence-electron chi connectivity index (χ2n) is 3.33. The number of hydrogen-bond acceptors (Lipinski definition) is 4. The molecule has 0 aliphatic rings. The molecular weight excluding hydrogens is 208 g/mol. The van der Waals surface area contributed by atoms with Gasteiger partial charge in [-0.05, 0) is 11.1 Å². The third-order valence-electron chi connectivity index (χ3n) is 1.98. The van der Waals surface area contributed by atoms with Crippen molar-refractivity contribution < 1.29 is 19.1 Å². The molecule has 86 valence electrons. The average molecular weight is 222 g/mol. The van der Waals surface area contributed by atoms with Crippen molar-refractivity contribution in [3.63, 3.8) is 0 Å². The first-order chi connectivity index (χ1) is 7.59. The molecular formula is C12H14O4. The van der Waals surface area contributed by atoms with Crippen molar-refractivity contribution in [1.29, 1.82) is 0 Å². The van der Waals surface area contributed by atoms with Gasteiger partial charge in [-0.15, -0.1) is 0 Å². The summed E-state index contributed by atoms with van der Waals surface area (Å²) in [5, 5.41) is 0. The minimum absolute atomic E-state index is 0.201. The summed E-state index contributed by atoms with van der Waals surface area (Å²) in [6.07, 6.45) is 0. The molecule has 0 fully saturated rings. The van der Waals surface area contributed by atoms with E-state index in [2.05, 4.69) is 0 Å². The predicted molar refractivity (Wildman–Crippen MR) is 57.4 cm³/mol. The van der Waals surface area contributed by atoms with Crippen molar-refractivity contribution in [2.45, 2.75) is 27.1 Å². The summed E-state index contributed by atoms with van der Waals surface area (Å²) in [6.45, 7) is 3.11. The zero-order valence-corrected chi connectivity index (χ0v) is 9.36. The lowest BCUT2D eigenvalue weighted by Gasteiger charge is -2.09. The molecule has 0 aliphatic carbocycles. The first kappa shape index (κ1) is 12.2. The standard InChI is InChI=1S/C12H14O4/c1-9(13)15-7-11-5-3-4-6-12(11)8-16-10(2)14/h3-6H,7-8H2,1-2H3. The van der Waals surface area contributed by atoms with Crippen LogP contribution in [0.5, 0.6) is 0 Å². The third-order valence-corrected chi connectivity index (χ3v) is 1.98. The smallest absolute Gasteiger partial charge is 0.302 e. The highest BCUT2D eigenvalue weighted by atomic mass is 16.5. The first-order valence-corrected chi connectivity index (χ1v) is 4.93. The van der Waals surface area contributed by atoms with Crippen LogP contribution in [0.15, 0.2) is 24.3 Å². The molecule has 1 aromatic carbocycles. The fourth-order valence-electron chi connectivity index (χ4n) is 1.20. The van der Waals surface area contributed by atoms with Crippen LogP contribution in [-0.4, -0.2) is 11.9 Å². The van der Waals surface area contributed by atoms with Gasteiger partial charge < -0.3 is 9.47 Å². The second-order valence-corrected chi connectivity index (χ2v) is 3.33. The molecule has 0 aromatic heterocycles. The Labute approximate surface area is 94.2 Å². The molecule has 0 aliphatic heterocycles. The topological polar surface area (TPSA) is 52.6 Å².